The number of hydrogen-bond acceptors (Lipinski definition) is 2. The molecule has 2 aromatic carbocycles. The lowest BCUT2D eigenvalue weighted by Gasteiger charge is -2.04. The Morgan fingerprint density at radius 2 is 1.74 bits per heavy atom. The van der Waals surface area contributed by atoms with Gasteiger partial charge in [-0.15, -0.1) is 0 Å². The maximum Gasteiger partial charge on any atom is 0.335 e. The molecule has 98 valence electrons. The lowest BCUT2D eigenvalue weighted by atomic mass is 10.1. The summed E-state index contributed by atoms with van der Waals surface area (Å²) in [5.41, 5.74) is 3.97. The van der Waals surface area contributed by atoms with E-state index in [0.717, 1.165) is 17.1 Å². The average molecular weight is 272 g/mol. The van der Waals surface area contributed by atoms with Crippen LogP contribution in [0, 0.1) is 6.92 Å². The third kappa shape index (κ3) is 4.14. The molecule has 0 aliphatic rings. The zero-order chi connectivity index (χ0) is 13.7. The molecule has 2 rings (SSSR count). The van der Waals surface area contributed by atoms with Crippen LogP contribution >= 0.6 is 11.8 Å². The van der Waals surface area contributed by atoms with Gasteiger partial charge in [0, 0.05) is 11.5 Å². The zero-order valence-corrected chi connectivity index (χ0v) is 11.6. The Morgan fingerprint density at radius 1 is 1.05 bits per heavy atom. The van der Waals surface area contributed by atoms with E-state index in [0.29, 0.717) is 5.56 Å². The molecule has 1 N–H and O–H groups in total. The molecule has 2 nitrogen and oxygen atoms in total. The van der Waals surface area contributed by atoms with Crippen molar-refractivity contribution < 1.29 is 9.90 Å². The number of rotatable bonds is 5. The van der Waals surface area contributed by atoms with E-state index in [1.807, 2.05) is 6.07 Å². The second-order valence-electron chi connectivity index (χ2n) is 4.48. The number of hydrogen-bond donors (Lipinski definition) is 1. The van der Waals surface area contributed by atoms with Crippen molar-refractivity contribution in [2.75, 3.05) is 0 Å². The number of thioether (sulfide) groups is 1. The monoisotopic (exact) mass is 272 g/mol. The molecule has 0 saturated carbocycles. The van der Waals surface area contributed by atoms with Crippen LogP contribution in [-0.4, -0.2) is 11.1 Å². The molecule has 0 aliphatic carbocycles. The van der Waals surface area contributed by atoms with Crippen LogP contribution in [0.4, 0.5) is 0 Å². The fourth-order valence-electron chi connectivity index (χ4n) is 1.77. The third-order valence-corrected chi connectivity index (χ3v) is 3.91. The maximum absolute atomic E-state index is 10.9. The van der Waals surface area contributed by atoms with Crippen LogP contribution in [0.1, 0.15) is 27.0 Å². The van der Waals surface area contributed by atoms with E-state index in [-0.39, 0.29) is 0 Å². The molecule has 2 aromatic rings. The predicted octanol–water partition coefficient (Wildman–Crippen LogP) is 4.13. The maximum atomic E-state index is 10.9. The summed E-state index contributed by atoms with van der Waals surface area (Å²) in [4.78, 5) is 10.9. The first kappa shape index (κ1) is 13.7. The Balaban J connectivity index is 1.90. The van der Waals surface area contributed by atoms with Crippen LogP contribution in [0.25, 0.3) is 0 Å². The molecule has 0 saturated heterocycles. The second-order valence-corrected chi connectivity index (χ2v) is 5.47. The number of carboxylic acids is 1. The quantitative estimate of drug-likeness (QED) is 0.889. The van der Waals surface area contributed by atoms with E-state index in [4.69, 9.17) is 5.11 Å². The topological polar surface area (TPSA) is 37.3 Å². The summed E-state index contributed by atoms with van der Waals surface area (Å²) in [6.45, 7) is 2.08. The van der Waals surface area contributed by atoms with Crippen LogP contribution in [-0.2, 0) is 11.5 Å². The minimum absolute atomic E-state index is 0.355. The number of aryl methyl sites for hydroxylation is 1. The highest BCUT2D eigenvalue weighted by Gasteiger charge is 2.03. The van der Waals surface area contributed by atoms with Gasteiger partial charge in [-0.2, -0.15) is 11.8 Å². The van der Waals surface area contributed by atoms with Crippen LogP contribution in [0.15, 0.2) is 48.5 Å². The van der Waals surface area contributed by atoms with Gasteiger partial charge in [0.1, 0.15) is 0 Å². The Hall–Kier alpha value is -1.74. The molecule has 0 aliphatic heterocycles. The lowest BCUT2D eigenvalue weighted by molar-refractivity contribution is 0.0697. The standard InChI is InChI=1S/C16H16O2S/c1-12-5-7-13(8-6-12)10-19-11-14-3-2-4-15(9-14)16(17)18/h2-9H,10-11H2,1H3,(H,17,18). The summed E-state index contributed by atoms with van der Waals surface area (Å²) in [6.07, 6.45) is 0. The molecule has 0 atom stereocenters. The van der Waals surface area contributed by atoms with Gasteiger partial charge in [0.25, 0.3) is 0 Å². The first-order valence-corrected chi connectivity index (χ1v) is 7.26. The Kier molecular flexibility index (Phi) is 4.63. The Labute approximate surface area is 117 Å². The molecule has 0 amide bonds. The van der Waals surface area contributed by atoms with Crippen molar-refractivity contribution in [1.29, 1.82) is 0 Å². The van der Waals surface area contributed by atoms with Gasteiger partial charge in [0.05, 0.1) is 5.56 Å². The van der Waals surface area contributed by atoms with Gasteiger partial charge in [0.2, 0.25) is 0 Å². The third-order valence-electron chi connectivity index (χ3n) is 2.83. The van der Waals surface area contributed by atoms with E-state index in [1.165, 1.54) is 11.1 Å². The van der Waals surface area contributed by atoms with Crippen LogP contribution in [0.3, 0.4) is 0 Å². The number of aromatic carboxylic acids is 1. The molecule has 0 fully saturated rings. The molecular formula is C16H16O2S. The van der Waals surface area contributed by atoms with Crippen LogP contribution in [0.2, 0.25) is 0 Å². The SMILES string of the molecule is Cc1ccc(CSCc2cccc(C(=O)O)c2)cc1. The summed E-state index contributed by atoms with van der Waals surface area (Å²) in [5, 5.41) is 8.93. The van der Waals surface area contributed by atoms with Crippen LogP contribution < -0.4 is 0 Å². The number of carbonyl (C=O) groups is 1. The molecular weight excluding hydrogens is 256 g/mol. The highest BCUT2D eigenvalue weighted by Crippen LogP contribution is 2.19. The van der Waals surface area contributed by atoms with Crippen molar-refractivity contribution >= 4 is 17.7 Å². The first-order chi connectivity index (χ1) is 9.15. The van der Waals surface area contributed by atoms with Crippen molar-refractivity contribution in [2.24, 2.45) is 0 Å². The fourth-order valence-corrected chi connectivity index (χ4v) is 2.71. The molecule has 0 radical (unpaired) electrons. The highest BCUT2D eigenvalue weighted by molar-refractivity contribution is 7.97. The van der Waals surface area contributed by atoms with Gasteiger partial charge in [-0.25, -0.2) is 4.79 Å². The van der Waals surface area contributed by atoms with Gasteiger partial charge in [0.15, 0.2) is 0 Å². The molecule has 19 heavy (non-hydrogen) atoms. The largest absolute Gasteiger partial charge is 0.478 e. The van der Waals surface area contributed by atoms with Gasteiger partial charge in [-0.3, -0.25) is 0 Å². The average Bonchev–Trinajstić information content (AvgIpc) is 2.41. The Morgan fingerprint density at radius 3 is 2.42 bits per heavy atom. The number of carboxylic acid groups (broad SMARTS) is 1. The van der Waals surface area contributed by atoms with Crippen LogP contribution in [0.5, 0.6) is 0 Å². The normalized spacial score (nSPS) is 10.4. The van der Waals surface area contributed by atoms with Crippen molar-refractivity contribution in [3.8, 4) is 0 Å². The zero-order valence-electron chi connectivity index (χ0n) is 10.8. The summed E-state index contributed by atoms with van der Waals surface area (Å²) in [6, 6.07) is 15.6. The summed E-state index contributed by atoms with van der Waals surface area (Å²) < 4.78 is 0. The molecule has 0 spiro atoms. The van der Waals surface area contributed by atoms with E-state index < -0.39 is 5.97 Å². The van der Waals surface area contributed by atoms with E-state index in [9.17, 15) is 4.79 Å². The predicted molar refractivity (Wildman–Crippen MR) is 79.6 cm³/mol. The molecule has 0 unspecified atom stereocenters. The highest BCUT2D eigenvalue weighted by atomic mass is 32.2. The van der Waals surface area contributed by atoms with Gasteiger partial charge >= 0.3 is 5.97 Å². The summed E-state index contributed by atoms with van der Waals surface area (Å²) in [7, 11) is 0. The van der Waals surface area contributed by atoms with Crippen molar-refractivity contribution in [2.45, 2.75) is 18.4 Å². The minimum atomic E-state index is -0.870. The minimum Gasteiger partial charge on any atom is -0.478 e. The lowest BCUT2D eigenvalue weighted by Crippen LogP contribution is -1.96. The van der Waals surface area contributed by atoms with Gasteiger partial charge in [-0.1, -0.05) is 42.0 Å². The van der Waals surface area contributed by atoms with Crippen molar-refractivity contribution in [3.05, 3.63) is 70.8 Å². The van der Waals surface area contributed by atoms with Crippen molar-refractivity contribution in [1.82, 2.24) is 0 Å². The molecule has 3 heteroatoms. The molecule has 0 heterocycles. The molecule has 0 bridgehead atoms. The first-order valence-electron chi connectivity index (χ1n) is 6.10. The molecule has 0 aromatic heterocycles. The Bertz CT molecular complexity index is 561. The number of benzene rings is 2. The van der Waals surface area contributed by atoms with E-state index in [1.54, 1.807) is 30.0 Å². The smallest absolute Gasteiger partial charge is 0.335 e. The second kappa shape index (κ2) is 6.43. The van der Waals surface area contributed by atoms with Crippen molar-refractivity contribution in [3.63, 3.8) is 0 Å². The summed E-state index contributed by atoms with van der Waals surface area (Å²) in [5.74, 6) is 0.900. The van der Waals surface area contributed by atoms with E-state index >= 15 is 0 Å². The van der Waals surface area contributed by atoms with E-state index in [2.05, 4.69) is 31.2 Å². The van der Waals surface area contributed by atoms with Gasteiger partial charge in [-0.05, 0) is 30.2 Å². The van der Waals surface area contributed by atoms with Gasteiger partial charge < -0.3 is 5.11 Å². The fraction of sp³-hybridized carbons (Fsp3) is 0.188. The summed E-state index contributed by atoms with van der Waals surface area (Å²) >= 11 is 1.79.